The molecule has 0 atom stereocenters. The molecule has 0 bridgehead atoms. The van der Waals surface area contributed by atoms with Crippen molar-refractivity contribution in [2.75, 3.05) is 18.0 Å². The van der Waals surface area contributed by atoms with Crippen molar-refractivity contribution in [2.45, 2.75) is 40.3 Å². The Morgan fingerprint density at radius 1 is 1.18 bits per heavy atom. The quantitative estimate of drug-likeness (QED) is 0.702. The summed E-state index contributed by atoms with van der Waals surface area (Å²) < 4.78 is 1.93. The van der Waals surface area contributed by atoms with Crippen LogP contribution in [0.15, 0.2) is 24.5 Å². The molecule has 7 nitrogen and oxygen atoms in total. The first-order valence-electron chi connectivity index (χ1n) is 9.78. The van der Waals surface area contributed by atoms with Gasteiger partial charge in [-0.3, -0.25) is 9.78 Å². The molecular formula is C21H24N6O. The van der Waals surface area contributed by atoms with Crippen molar-refractivity contribution in [1.29, 1.82) is 0 Å². The Bertz CT molecular complexity index is 1070. The number of hydrogen-bond donors (Lipinski definition) is 0. The van der Waals surface area contributed by atoms with Crippen LogP contribution < -0.4 is 4.90 Å². The lowest BCUT2D eigenvalue weighted by atomic mass is 9.95. The van der Waals surface area contributed by atoms with Crippen LogP contribution in [0.5, 0.6) is 0 Å². The second-order valence-corrected chi connectivity index (χ2v) is 8.00. The molecule has 1 amide bonds. The molecule has 28 heavy (non-hydrogen) atoms. The van der Waals surface area contributed by atoms with Crippen molar-refractivity contribution in [3.63, 3.8) is 0 Å². The van der Waals surface area contributed by atoms with E-state index in [-0.39, 0.29) is 5.91 Å². The first-order valence-corrected chi connectivity index (χ1v) is 9.78. The van der Waals surface area contributed by atoms with E-state index in [1.807, 2.05) is 28.6 Å². The third-order valence-electron chi connectivity index (χ3n) is 6.14. The molecule has 0 aromatic carbocycles. The van der Waals surface area contributed by atoms with Gasteiger partial charge in [0.1, 0.15) is 5.82 Å². The van der Waals surface area contributed by atoms with Crippen LogP contribution in [0, 0.1) is 26.7 Å². The van der Waals surface area contributed by atoms with Gasteiger partial charge in [-0.05, 0) is 44.0 Å². The third-order valence-corrected chi connectivity index (χ3v) is 6.14. The van der Waals surface area contributed by atoms with Gasteiger partial charge < -0.3 is 9.80 Å². The topological polar surface area (TPSA) is 66.6 Å². The summed E-state index contributed by atoms with van der Waals surface area (Å²) in [7, 11) is 0. The Balaban J connectivity index is 1.29. The van der Waals surface area contributed by atoms with E-state index in [1.54, 1.807) is 6.20 Å². The minimum Gasteiger partial charge on any atom is -0.370 e. The molecule has 7 heteroatoms. The van der Waals surface area contributed by atoms with E-state index < -0.39 is 0 Å². The van der Waals surface area contributed by atoms with Crippen LogP contribution >= 0.6 is 0 Å². The number of nitrogens with zero attached hydrogens (tertiary/aromatic N) is 6. The Kier molecular flexibility index (Phi) is 3.86. The molecule has 0 radical (unpaired) electrons. The van der Waals surface area contributed by atoms with E-state index in [0.717, 1.165) is 41.5 Å². The molecule has 1 saturated heterocycles. The van der Waals surface area contributed by atoms with E-state index in [2.05, 4.69) is 39.9 Å². The van der Waals surface area contributed by atoms with E-state index in [9.17, 15) is 4.79 Å². The Morgan fingerprint density at radius 2 is 1.96 bits per heavy atom. The second kappa shape index (κ2) is 6.29. The van der Waals surface area contributed by atoms with E-state index in [0.29, 0.717) is 25.4 Å². The van der Waals surface area contributed by atoms with Crippen LogP contribution in [0.2, 0.25) is 0 Å². The zero-order valence-electron chi connectivity index (χ0n) is 16.5. The molecule has 5 rings (SSSR count). The van der Waals surface area contributed by atoms with Gasteiger partial charge >= 0.3 is 0 Å². The molecule has 0 aliphatic carbocycles. The fraction of sp³-hybridized carbons (Fsp3) is 0.429. The Labute approximate surface area is 164 Å². The fourth-order valence-corrected chi connectivity index (χ4v) is 4.40. The molecule has 3 aromatic rings. The summed E-state index contributed by atoms with van der Waals surface area (Å²) in [5.74, 6) is 1.42. The molecule has 3 aromatic heterocycles. The SMILES string of the molecule is Cc1nc2c3c(c(C)c(C)n2n1)CN(C(=O)CC1CN(c2cccnc2)C1)C3. The molecule has 0 spiro atoms. The molecule has 0 unspecified atom stereocenters. The monoisotopic (exact) mass is 376 g/mol. The van der Waals surface area contributed by atoms with Crippen LogP contribution in [0.1, 0.15) is 34.6 Å². The van der Waals surface area contributed by atoms with Gasteiger partial charge in [0.2, 0.25) is 5.91 Å². The zero-order valence-corrected chi connectivity index (χ0v) is 16.5. The fourth-order valence-electron chi connectivity index (χ4n) is 4.40. The first kappa shape index (κ1) is 17.2. The Hall–Kier alpha value is -2.96. The van der Waals surface area contributed by atoms with Gasteiger partial charge in [0.05, 0.1) is 18.4 Å². The third kappa shape index (κ3) is 2.65. The minimum atomic E-state index is 0.235. The standard InChI is InChI=1S/C21H24N6O/c1-13-14(2)27-21(23-15(3)24-27)19-12-26(11-18(13)19)20(28)7-16-9-25(10-16)17-5-4-6-22-8-17/h4-6,8,16H,7,9-12H2,1-3H3. The van der Waals surface area contributed by atoms with Crippen LogP contribution in [0.4, 0.5) is 5.69 Å². The molecule has 2 aliphatic rings. The highest BCUT2D eigenvalue weighted by Crippen LogP contribution is 2.33. The van der Waals surface area contributed by atoms with Gasteiger partial charge in [0.25, 0.3) is 0 Å². The van der Waals surface area contributed by atoms with E-state index in [1.165, 1.54) is 11.1 Å². The summed E-state index contributed by atoms with van der Waals surface area (Å²) in [6.45, 7) is 9.27. The van der Waals surface area contributed by atoms with Gasteiger partial charge in [-0.2, -0.15) is 5.10 Å². The number of aryl methyl sites for hydroxylation is 2. The molecule has 1 fully saturated rings. The summed E-state index contributed by atoms with van der Waals surface area (Å²) in [6, 6.07) is 4.02. The summed E-state index contributed by atoms with van der Waals surface area (Å²) in [5, 5.41) is 4.52. The highest BCUT2D eigenvalue weighted by atomic mass is 16.2. The summed E-state index contributed by atoms with van der Waals surface area (Å²) in [4.78, 5) is 26.0. The maximum atomic E-state index is 12.9. The first-order chi connectivity index (χ1) is 13.5. The lowest BCUT2D eigenvalue weighted by Crippen LogP contribution is -2.48. The van der Waals surface area contributed by atoms with Crippen molar-refractivity contribution in [1.82, 2.24) is 24.5 Å². The maximum Gasteiger partial charge on any atom is 0.223 e. The average Bonchev–Trinajstić information content (AvgIpc) is 3.27. The summed E-state index contributed by atoms with van der Waals surface area (Å²) in [5.41, 5.74) is 6.76. The zero-order chi connectivity index (χ0) is 19.4. The Morgan fingerprint density at radius 3 is 2.71 bits per heavy atom. The van der Waals surface area contributed by atoms with Crippen LogP contribution in [0.25, 0.3) is 5.65 Å². The van der Waals surface area contributed by atoms with E-state index in [4.69, 9.17) is 0 Å². The number of hydrogen-bond acceptors (Lipinski definition) is 5. The van der Waals surface area contributed by atoms with E-state index >= 15 is 0 Å². The largest absolute Gasteiger partial charge is 0.370 e. The lowest BCUT2D eigenvalue weighted by Gasteiger charge is -2.41. The van der Waals surface area contributed by atoms with Crippen molar-refractivity contribution < 1.29 is 4.79 Å². The number of aromatic nitrogens is 4. The van der Waals surface area contributed by atoms with Crippen LogP contribution in [0.3, 0.4) is 0 Å². The number of fused-ring (bicyclic) bond motifs is 3. The van der Waals surface area contributed by atoms with Gasteiger partial charge in [-0.25, -0.2) is 9.50 Å². The molecule has 0 saturated carbocycles. The van der Waals surface area contributed by atoms with Crippen molar-refractivity contribution >= 4 is 17.2 Å². The number of amides is 1. The lowest BCUT2D eigenvalue weighted by molar-refractivity contribution is -0.133. The summed E-state index contributed by atoms with van der Waals surface area (Å²) >= 11 is 0. The molecule has 0 N–H and O–H groups in total. The number of anilines is 1. The number of rotatable bonds is 3. The maximum absolute atomic E-state index is 12.9. The van der Waals surface area contributed by atoms with Crippen molar-refractivity contribution in [2.24, 2.45) is 5.92 Å². The van der Waals surface area contributed by atoms with Crippen LogP contribution in [-0.4, -0.2) is 43.5 Å². The average molecular weight is 376 g/mol. The normalized spacial score (nSPS) is 16.5. The van der Waals surface area contributed by atoms with Gasteiger partial charge in [-0.15, -0.1) is 0 Å². The van der Waals surface area contributed by atoms with Gasteiger partial charge in [0.15, 0.2) is 5.65 Å². The second-order valence-electron chi connectivity index (χ2n) is 8.00. The predicted octanol–water partition coefficient (Wildman–Crippen LogP) is 2.42. The van der Waals surface area contributed by atoms with Gasteiger partial charge in [-0.1, -0.05) is 0 Å². The highest BCUT2D eigenvalue weighted by Gasteiger charge is 2.34. The molecule has 144 valence electrons. The molecule has 2 aliphatic heterocycles. The minimum absolute atomic E-state index is 0.235. The number of carbonyl (C=O) groups excluding carboxylic acids is 1. The smallest absolute Gasteiger partial charge is 0.223 e. The molecule has 5 heterocycles. The van der Waals surface area contributed by atoms with Crippen molar-refractivity contribution in [3.8, 4) is 0 Å². The number of pyridine rings is 2. The highest BCUT2D eigenvalue weighted by molar-refractivity contribution is 5.78. The summed E-state index contributed by atoms with van der Waals surface area (Å²) in [6.07, 6.45) is 4.27. The van der Waals surface area contributed by atoms with Crippen molar-refractivity contribution in [3.05, 3.63) is 52.7 Å². The van der Waals surface area contributed by atoms with Crippen LogP contribution in [-0.2, 0) is 17.9 Å². The molecular weight excluding hydrogens is 352 g/mol. The van der Waals surface area contributed by atoms with Gasteiger partial charge in [0, 0.05) is 49.4 Å². The number of carbonyl (C=O) groups is 1. The predicted molar refractivity (Wildman–Crippen MR) is 106 cm³/mol.